The highest BCUT2D eigenvalue weighted by molar-refractivity contribution is 5.87. The summed E-state index contributed by atoms with van der Waals surface area (Å²) < 4.78 is 6.27. The number of benzene rings is 2. The van der Waals surface area contributed by atoms with Crippen molar-refractivity contribution in [1.29, 1.82) is 0 Å². The highest BCUT2D eigenvalue weighted by Crippen LogP contribution is 2.52. The Kier molecular flexibility index (Phi) is 4.22. The maximum atomic E-state index is 6.27. The van der Waals surface area contributed by atoms with E-state index in [-0.39, 0.29) is 5.41 Å². The van der Waals surface area contributed by atoms with Gasteiger partial charge < -0.3 is 4.74 Å². The molecule has 0 N–H and O–H groups in total. The molecular weight excluding hydrogens is 344 g/mol. The van der Waals surface area contributed by atoms with E-state index >= 15 is 0 Å². The Morgan fingerprint density at radius 3 is 2.18 bits per heavy atom. The van der Waals surface area contributed by atoms with E-state index in [4.69, 9.17) is 9.72 Å². The van der Waals surface area contributed by atoms with Crippen LogP contribution in [0, 0.1) is 27.7 Å². The van der Waals surface area contributed by atoms with E-state index in [1.807, 2.05) is 12.3 Å². The van der Waals surface area contributed by atoms with Crippen molar-refractivity contribution in [1.82, 2.24) is 4.98 Å². The predicted molar refractivity (Wildman–Crippen MR) is 117 cm³/mol. The lowest BCUT2D eigenvalue weighted by atomic mass is 9.84. The summed E-state index contributed by atoms with van der Waals surface area (Å²) in [6.07, 6.45) is 1.86. The van der Waals surface area contributed by atoms with Gasteiger partial charge in [-0.25, -0.2) is 4.98 Å². The van der Waals surface area contributed by atoms with Crippen molar-refractivity contribution in [2.45, 2.75) is 53.9 Å². The first-order chi connectivity index (χ1) is 13.2. The van der Waals surface area contributed by atoms with Crippen LogP contribution in [0.15, 0.2) is 42.6 Å². The third-order valence-corrected chi connectivity index (χ3v) is 5.44. The Balaban J connectivity index is 2.01. The molecule has 3 heteroatoms. The van der Waals surface area contributed by atoms with E-state index in [9.17, 15) is 0 Å². The minimum absolute atomic E-state index is 0.111. The van der Waals surface area contributed by atoms with Crippen LogP contribution < -0.4 is 9.64 Å². The second-order valence-corrected chi connectivity index (χ2v) is 8.90. The maximum absolute atomic E-state index is 6.27. The van der Waals surface area contributed by atoms with Crippen molar-refractivity contribution >= 4 is 17.2 Å². The summed E-state index contributed by atoms with van der Waals surface area (Å²) in [4.78, 5) is 6.99. The Morgan fingerprint density at radius 2 is 1.54 bits per heavy atom. The molecule has 0 fully saturated rings. The first-order valence-electron chi connectivity index (χ1n) is 9.83. The van der Waals surface area contributed by atoms with Gasteiger partial charge in [0.2, 0.25) is 0 Å². The molecule has 0 radical (unpaired) electrons. The number of anilines is 3. The minimum atomic E-state index is 0.111. The summed E-state index contributed by atoms with van der Waals surface area (Å²) in [6, 6.07) is 12.9. The van der Waals surface area contributed by atoms with E-state index in [2.05, 4.69) is 83.7 Å². The van der Waals surface area contributed by atoms with Crippen LogP contribution in [0.2, 0.25) is 0 Å². The standard InChI is InChI=1S/C25H28N2O/c1-15-8-9-21-20(12-15)27(24-23(28-21)16(2)10-11-26-24)22-17(3)13-19(14-18(22)4)25(5,6)7/h8-14H,1-7H3. The highest BCUT2D eigenvalue weighted by Gasteiger charge is 2.30. The minimum Gasteiger partial charge on any atom is -0.451 e. The van der Waals surface area contributed by atoms with Gasteiger partial charge in [0.25, 0.3) is 0 Å². The molecular formula is C25H28N2O. The molecule has 3 nitrogen and oxygen atoms in total. The van der Waals surface area contributed by atoms with Gasteiger partial charge in [-0.15, -0.1) is 0 Å². The summed E-state index contributed by atoms with van der Waals surface area (Å²) in [5.74, 6) is 2.55. The smallest absolute Gasteiger partial charge is 0.181 e. The summed E-state index contributed by atoms with van der Waals surface area (Å²) in [5.41, 5.74) is 8.46. The van der Waals surface area contributed by atoms with Gasteiger partial charge in [-0.2, -0.15) is 0 Å². The molecule has 0 saturated heterocycles. The quantitative estimate of drug-likeness (QED) is 0.353. The average molecular weight is 373 g/mol. The number of pyridine rings is 1. The topological polar surface area (TPSA) is 25.4 Å². The monoisotopic (exact) mass is 372 g/mol. The van der Waals surface area contributed by atoms with E-state index in [1.165, 1.54) is 27.9 Å². The van der Waals surface area contributed by atoms with E-state index in [0.717, 1.165) is 28.6 Å². The lowest BCUT2D eigenvalue weighted by molar-refractivity contribution is 0.470. The molecule has 2 aromatic carbocycles. The molecule has 0 amide bonds. The Morgan fingerprint density at radius 1 is 0.857 bits per heavy atom. The van der Waals surface area contributed by atoms with Crippen LogP contribution in [0.3, 0.4) is 0 Å². The molecule has 1 aliphatic heterocycles. The predicted octanol–water partition coefficient (Wildman–Crippen LogP) is 7.19. The molecule has 0 bridgehead atoms. The van der Waals surface area contributed by atoms with Gasteiger partial charge in [0.1, 0.15) is 0 Å². The number of aromatic nitrogens is 1. The summed E-state index contributed by atoms with van der Waals surface area (Å²) in [7, 11) is 0. The van der Waals surface area contributed by atoms with Gasteiger partial charge in [-0.1, -0.05) is 39.0 Å². The van der Waals surface area contributed by atoms with Gasteiger partial charge in [0, 0.05) is 6.20 Å². The van der Waals surface area contributed by atoms with Gasteiger partial charge in [-0.3, -0.25) is 4.90 Å². The molecule has 1 aliphatic rings. The number of aryl methyl sites for hydroxylation is 4. The highest BCUT2D eigenvalue weighted by atomic mass is 16.5. The van der Waals surface area contributed by atoms with Crippen LogP contribution in [0.1, 0.15) is 48.6 Å². The van der Waals surface area contributed by atoms with Gasteiger partial charge in [0.15, 0.2) is 17.3 Å². The van der Waals surface area contributed by atoms with Crippen molar-refractivity contribution in [2.75, 3.05) is 4.90 Å². The molecule has 3 aromatic rings. The molecule has 0 unspecified atom stereocenters. The average Bonchev–Trinajstić information content (AvgIpc) is 2.60. The van der Waals surface area contributed by atoms with Crippen molar-refractivity contribution < 1.29 is 4.74 Å². The van der Waals surface area contributed by atoms with Crippen LogP contribution in [0.25, 0.3) is 0 Å². The van der Waals surface area contributed by atoms with Crippen LogP contribution >= 0.6 is 0 Å². The number of hydrogen-bond donors (Lipinski definition) is 0. The first-order valence-corrected chi connectivity index (χ1v) is 9.83. The summed E-state index contributed by atoms with van der Waals surface area (Å²) in [5, 5.41) is 0. The van der Waals surface area contributed by atoms with Crippen LogP contribution in [0.5, 0.6) is 11.5 Å². The molecule has 0 spiro atoms. The third-order valence-electron chi connectivity index (χ3n) is 5.44. The molecule has 0 aliphatic carbocycles. The van der Waals surface area contributed by atoms with Crippen LogP contribution in [-0.2, 0) is 5.41 Å². The molecule has 144 valence electrons. The fourth-order valence-corrected chi connectivity index (χ4v) is 3.90. The normalized spacial score (nSPS) is 13.0. The van der Waals surface area contributed by atoms with E-state index < -0.39 is 0 Å². The van der Waals surface area contributed by atoms with Crippen molar-refractivity contribution in [2.24, 2.45) is 0 Å². The first kappa shape index (κ1) is 18.5. The van der Waals surface area contributed by atoms with Crippen LogP contribution in [0.4, 0.5) is 17.2 Å². The van der Waals surface area contributed by atoms with E-state index in [0.29, 0.717) is 0 Å². The molecule has 1 aromatic heterocycles. The summed E-state index contributed by atoms with van der Waals surface area (Å²) >= 11 is 0. The van der Waals surface area contributed by atoms with Crippen molar-refractivity contribution in [3.63, 3.8) is 0 Å². The fourth-order valence-electron chi connectivity index (χ4n) is 3.90. The molecule has 4 rings (SSSR count). The maximum Gasteiger partial charge on any atom is 0.181 e. The zero-order valence-corrected chi connectivity index (χ0v) is 17.8. The van der Waals surface area contributed by atoms with E-state index in [1.54, 1.807) is 0 Å². The summed E-state index contributed by atoms with van der Waals surface area (Å²) in [6.45, 7) is 15.3. The number of nitrogens with zero attached hydrogens (tertiary/aromatic N) is 2. The molecule has 28 heavy (non-hydrogen) atoms. The number of ether oxygens (including phenoxy) is 1. The van der Waals surface area contributed by atoms with Crippen molar-refractivity contribution in [3.05, 3.63) is 70.4 Å². The Bertz CT molecular complexity index is 1050. The van der Waals surface area contributed by atoms with Gasteiger partial charge >= 0.3 is 0 Å². The lowest BCUT2D eigenvalue weighted by Crippen LogP contribution is -2.21. The van der Waals surface area contributed by atoms with Crippen molar-refractivity contribution in [3.8, 4) is 11.5 Å². The molecule has 2 heterocycles. The fraction of sp³-hybridized carbons (Fsp3) is 0.320. The Labute approximate surface area is 168 Å². The Hall–Kier alpha value is -2.81. The number of hydrogen-bond acceptors (Lipinski definition) is 3. The van der Waals surface area contributed by atoms with Gasteiger partial charge in [0.05, 0.1) is 11.4 Å². The lowest BCUT2D eigenvalue weighted by Gasteiger charge is -2.35. The second-order valence-electron chi connectivity index (χ2n) is 8.90. The number of fused-ring (bicyclic) bond motifs is 2. The van der Waals surface area contributed by atoms with Gasteiger partial charge in [-0.05, 0) is 79.1 Å². The zero-order chi connectivity index (χ0) is 20.2. The van der Waals surface area contributed by atoms with Crippen LogP contribution in [-0.4, -0.2) is 4.98 Å². The third kappa shape index (κ3) is 2.95. The molecule has 0 saturated carbocycles. The molecule has 0 atom stereocenters. The zero-order valence-electron chi connectivity index (χ0n) is 17.8. The number of rotatable bonds is 1. The largest absolute Gasteiger partial charge is 0.451 e. The second kappa shape index (κ2) is 6.37. The SMILES string of the molecule is Cc1ccc2c(c1)N(c1c(C)cc(C(C)(C)C)cc1C)c1nccc(C)c1O2.